The zero-order valence-corrected chi connectivity index (χ0v) is 18.1. The lowest BCUT2D eigenvalue weighted by Crippen LogP contribution is -2.47. The summed E-state index contributed by atoms with van der Waals surface area (Å²) < 4.78 is 12.0. The number of anilines is 1. The second kappa shape index (κ2) is 7.93. The van der Waals surface area contributed by atoms with E-state index in [1.165, 1.54) is 11.3 Å². The van der Waals surface area contributed by atoms with Crippen molar-refractivity contribution < 1.29 is 23.9 Å². The molecule has 0 spiro atoms. The highest BCUT2D eigenvalue weighted by Crippen LogP contribution is 2.39. The van der Waals surface area contributed by atoms with Crippen LogP contribution in [0.1, 0.15) is 15.2 Å². The van der Waals surface area contributed by atoms with Crippen molar-refractivity contribution in [2.24, 2.45) is 5.16 Å². The van der Waals surface area contributed by atoms with Gasteiger partial charge in [-0.1, -0.05) is 16.8 Å². The number of amidine groups is 1. The Morgan fingerprint density at radius 2 is 2.23 bits per heavy atom. The van der Waals surface area contributed by atoms with Crippen LogP contribution in [0.5, 0.6) is 5.75 Å². The SMILES string of the molecule is CN1CCON=C1c1ccc2c(c1)OCC1C(CNC(=O)c3ccc(Cl)s3)OC(=O)N21. The summed E-state index contributed by atoms with van der Waals surface area (Å²) in [6.07, 6.45) is -0.988. The molecule has 2 unspecified atom stereocenters. The number of oxime groups is 1. The van der Waals surface area contributed by atoms with E-state index in [1.807, 2.05) is 30.1 Å². The van der Waals surface area contributed by atoms with Crippen molar-refractivity contribution in [3.05, 3.63) is 45.1 Å². The van der Waals surface area contributed by atoms with Gasteiger partial charge in [0.25, 0.3) is 5.91 Å². The van der Waals surface area contributed by atoms with Gasteiger partial charge in [-0.3, -0.25) is 9.69 Å². The van der Waals surface area contributed by atoms with E-state index in [-0.39, 0.29) is 25.1 Å². The van der Waals surface area contributed by atoms with Gasteiger partial charge in [-0.2, -0.15) is 0 Å². The van der Waals surface area contributed by atoms with Gasteiger partial charge in [-0.05, 0) is 30.3 Å². The van der Waals surface area contributed by atoms with Crippen LogP contribution in [0.3, 0.4) is 0 Å². The number of amides is 2. The molecule has 0 bridgehead atoms. The number of ether oxygens (including phenoxy) is 2. The van der Waals surface area contributed by atoms with E-state index in [4.69, 9.17) is 25.9 Å². The Balaban J connectivity index is 1.31. The Morgan fingerprint density at radius 3 is 3.00 bits per heavy atom. The molecular formula is C20H19ClN4O5S. The molecular weight excluding hydrogens is 444 g/mol. The van der Waals surface area contributed by atoms with Gasteiger partial charge in [0.05, 0.1) is 28.0 Å². The van der Waals surface area contributed by atoms with Crippen LogP contribution in [0.2, 0.25) is 4.34 Å². The fourth-order valence-corrected chi connectivity index (χ4v) is 4.76. The van der Waals surface area contributed by atoms with E-state index in [0.29, 0.717) is 33.1 Å². The predicted molar refractivity (Wildman–Crippen MR) is 115 cm³/mol. The number of cyclic esters (lactones) is 1. The molecule has 11 heteroatoms. The number of fused-ring (bicyclic) bond motifs is 3. The van der Waals surface area contributed by atoms with E-state index in [9.17, 15) is 9.59 Å². The number of likely N-dealkylation sites (N-methyl/N-ethyl adjacent to an activating group) is 1. The molecule has 0 aliphatic carbocycles. The van der Waals surface area contributed by atoms with E-state index in [0.717, 1.165) is 12.1 Å². The van der Waals surface area contributed by atoms with Crippen molar-refractivity contribution in [3.63, 3.8) is 0 Å². The number of carbonyl (C=O) groups excluding carboxylic acids is 2. The van der Waals surface area contributed by atoms with Gasteiger partial charge in [0.2, 0.25) is 0 Å². The molecule has 4 heterocycles. The lowest BCUT2D eigenvalue weighted by Gasteiger charge is -2.32. The average molecular weight is 463 g/mol. The number of carbonyl (C=O) groups is 2. The maximum absolute atomic E-state index is 12.6. The molecule has 2 aromatic rings. The van der Waals surface area contributed by atoms with Crippen LogP contribution >= 0.6 is 22.9 Å². The molecule has 0 saturated carbocycles. The number of benzene rings is 1. The molecule has 2 amide bonds. The zero-order chi connectivity index (χ0) is 21.5. The molecule has 1 aromatic heterocycles. The fourth-order valence-electron chi connectivity index (χ4n) is 3.80. The largest absolute Gasteiger partial charge is 0.489 e. The van der Waals surface area contributed by atoms with Crippen molar-refractivity contribution in [2.75, 3.05) is 38.3 Å². The van der Waals surface area contributed by atoms with Crippen LogP contribution < -0.4 is 15.0 Å². The number of halogens is 1. The zero-order valence-electron chi connectivity index (χ0n) is 16.5. The number of thiophene rings is 1. The number of hydrogen-bond donors (Lipinski definition) is 1. The minimum absolute atomic E-state index is 0.178. The Hall–Kier alpha value is -2.98. The lowest BCUT2D eigenvalue weighted by atomic mass is 10.1. The third-order valence-corrected chi connectivity index (χ3v) is 6.62. The van der Waals surface area contributed by atoms with Crippen molar-refractivity contribution in [2.45, 2.75) is 12.1 Å². The normalized spacial score (nSPS) is 22.0. The lowest BCUT2D eigenvalue weighted by molar-refractivity contribution is 0.0890. The Bertz CT molecular complexity index is 1070. The van der Waals surface area contributed by atoms with Crippen LogP contribution in [0.25, 0.3) is 0 Å². The maximum atomic E-state index is 12.6. The number of rotatable bonds is 4. The molecule has 1 saturated heterocycles. The first-order valence-corrected chi connectivity index (χ1v) is 10.9. The van der Waals surface area contributed by atoms with Crippen molar-refractivity contribution in [3.8, 4) is 5.75 Å². The smallest absolute Gasteiger partial charge is 0.415 e. The molecule has 162 valence electrons. The molecule has 0 radical (unpaired) electrons. The van der Waals surface area contributed by atoms with Crippen LogP contribution in [-0.2, 0) is 9.57 Å². The Labute approximate surface area is 187 Å². The van der Waals surface area contributed by atoms with Gasteiger partial charge in [0, 0.05) is 12.6 Å². The third kappa shape index (κ3) is 3.66. The van der Waals surface area contributed by atoms with E-state index in [2.05, 4.69) is 10.5 Å². The quantitative estimate of drug-likeness (QED) is 0.750. The van der Waals surface area contributed by atoms with Crippen molar-refractivity contribution >= 4 is 46.5 Å². The second-order valence-corrected chi connectivity index (χ2v) is 9.05. The highest BCUT2D eigenvalue weighted by molar-refractivity contribution is 7.18. The molecule has 1 N–H and O–H groups in total. The molecule has 2 atom stereocenters. The highest BCUT2D eigenvalue weighted by Gasteiger charge is 2.46. The van der Waals surface area contributed by atoms with Gasteiger partial charge < -0.3 is 24.5 Å². The van der Waals surface area contributed by atoms with Crippen LogP contribution in [0.4, 0.5) is 10.5 Å². The monoisotopic (exact) mass is 462 g/mol. The summed E-state index contributed by atoms with van der Waals surface area (Å²) in [5, 5.41) is 6.93. The van der Waals surface area contributed by atoms with Gasteiger partial charge in [0.15, 0.2) is 5.84 Å². The summed E-state index contributed by atoms with van der Waals surface area (Å²) in [6, 6.07) is 8.53. The van der Waals surface area contributed by atoms with Crippen LogP contribution in [0.15, 0.2) is 35.5 Å². The summed E-state index contributed by atoms with van der Waals surface area (Å²) in [7, 11) is 1.94. The average Bonchev–Trinajstić information content (AvgIpc) is 3.35. The minimum atomic E-state index is -0.526. The molecule has 9 nitrogen and oxygen atoms in total. The number of nitrogens with one attached hydrogen (secondary N) is 1. The second-order valence-electron chi connectivity index (χ2n) is 7.34. The molecule has 1 aromatic carbocycles. The first-order valence-electron chi connectivity index (χ1n) is 9.73. The molecule has 31 heavy (non-hydrogen) atoms. The highest BCUT2D eigenvalue weighted by atomic mass is 35.5. The number of hydrogen-bond acceptors (Lipinski definition) is 8. The topological polar surface area (TPSA) is 92.7 Å². The van der Waals surface area contributed by atoms with Crippen molar-refractivity contribution in [1.29, 1.82) is 0 Å². The Kier molecular flexibility index (Phi) is 5.11. The fraction of sp³-hybridized carbons (Fsp3) is 0.350. The van der Waals surface area contributed by atoms with E-state index in [1.54, 1.807) is 17.0 Å². The summed E-state index contributed by atoms with van der Waals surface area (Å²) in [6.45, 7) is 1.71. The first-order chi connectivity index (χ1) is 15.0. The summed E-state index contributed by atoms with van der Waals surface area (Å²) >= 11 is 7.08. The van der Waals surface area contributed by atoms with Gasteiger partial charge in [-0.25, -0.2) is 4.79 Å². The molecule has 1 fully saturated rings. The molecule has 3 aliphatic heterocycles. The summed E-state index contributed by atoms with van der Waals surface area (Å²) in [5.41, 5.74) is 1.47. The first kappa shape index (κ1) is 20.0. The van der Waals surface area contributed by atoms with Gasteiger partial charge in [0.1, 0.15) is 31.1 Å². The van der Waals surface area contributed by atoms with E-state index < -0.39 is 12.2 Å². The molecule has 3 aliphatic rings. The standard InChI is InChI=1S/C20H19ClN4O5S/c1-24-6-7-29-23-18(24)11-2-3-12-14(8-11)28-10-13-15(30-20(27)25(12)13)9-22-19(26)16-4-5-17(21)31-16/h2-5,8,13,15H,6-7,9-10H2,1H3,(H,22,26). The van der Waals surface area contributed by atoms with Crippen LogP contribution in [-0.4, -0.2) is 68.2 Å². The van der Waals surface area contributed by atoms with Crippen molar-refractivity contribution in [1.82, 2.24) is 10.2 Å². The van der Waals surface area contributed by atoms with Gasteiger partial charge in [-0.15, -0.1) is 11.3 Å². The predicted octanol–water partition coefficient (Wildman–Crippen LogP) is 2.54. The summed E-state index contributed by atoms with van der Waals surface area (Å²) in [4.78, 5) is 34.2. The van der Waals surface area contributed by atoms with Crippen LogP contribution in [0, 0.1) is 0 Å². The number of nitrogens with zero attached hydrogens (tertiary/aromatic N) is 3. The summed E-state index contributed by atoms with van der Waals surface area (Å²) in [5.74, 6) is 1.02. The third-order valence-electron chi connectivity index (χ3n) is 5.39. The Morgan fingerprint density at radius 1 is 1.35 bits per heavy atom. The minimum Gasteiger partial charge on any atom is -0.489 e. The van der Waals surface area contributed by atoms with Gasteiger partial charge >= 0.3 is 6.09 Å². The van der Waals surface area contributed by atoms with E-state index >= 15 is 0 Å². The molecule has 5 rings (SSSR count). The maximum Gasteiger partial charge on any atom is 0.415 e.